The summed E-state index contributed by atoms with van der Waals surface area (Å²) in [5.41, 5.74) is 3.29. The standard InChI is InChI=1S/C24H30N6/c1-3-21-17-23(28-24(26-21)20-9-11-25-12-10-20)27-22(19-7-5-4-6-8-19)18-30-15-13-29(2)14-16-30/h4-12,17,22H,3,13-16,18H2,1-2H3,(H,26,27,28). The van der Waals surface area contributed by atoms with E-state index in [0.717, 1.165) is 62.0 Å². The maximum Gasteiger partial charge on any atom is 0.161 e. The van der Waals surface area contributed by atoms with E-state index in [2.05, 4.69) is 70.5 Å². The molecule has 3 aromatic rings. The van der Waals surface area contributed by atoms with Gasteiger partial charge in [-0.1, -0.05) is 37.3 Å². The first-order valence-electron chi connectivity index (χ1n) is 10.7. The van der Waals surface area contributed by atoms with Crippen LogP contribution in [-0.4, -0.2) is 64.5 Å². The fourth-order valence-corrected chi connectivity index (χ4v) is 3.77. The quantitative estimate of drug-likeness (QED) is 0.653. The van der Waals surface area contributed by atoms with Crippen LogP contribution in [0.4, 0.5) is 5.82 Å². The van der Waals surface area contributed by atoms with E-state index in [1.807, 2.05) is 12.1 Å². The first-order valence-corrected chi connectivity index (χ1v) is 10.7. The second-order valence-corrected chi connectivity index (χ2v) is 7.87. The van der Waals surface area contributed by atoms with Crippen LogP contribution < -0.4 is 5.32 Å². The maximum atomic E-state index is 4.85. The summed E-state index contributed by atoms with van der Waals surface area (Å²) in [6.07, 6.45) is 4.43. The predicted molar refractivity (Wildman–Crippen MR) is 121 cm³/mol. The van der Waals surface area contributed by atoms with Gasteiger partial charge in [0.2, 0.25) is 0 Å². The lowest BCUT2D eigenvalue weighted by molar-refractivity contribution is 0.149. The van der Waals surface area contributed by atoms with Gasteiger partial charge in [0, 0.05) is 62.4 Å². The molecular weight excluding hydrogens is 372 g/mol. The molecule has 156 valence electrons. The van der Waals surface area contributed by atoms with Gasteiger partial charge in [-0.2, -0.15) is 0 Å². The zero-order valence-corrected chi connectivity index (χ0v) is 17.8. The smallest absolute Gasteiger partial charge is 0.161 e. The zero-order valence-electron chi connectivity index (χ0n) is 17.8. The van der Waals surface area contributed by atoms with Crippen LogP contribution in [0.1, 0.15) is 24.2 Å². The van der Waals surface area contributed by atoms with Gasteiger partial charge in [0.25, 0.3) is 0 Å². The van der Waals surface area contributed by atoms with Crippen molar-refractivity contribution in [2.75, 3.05) is 45.1 Å². The minimum Gasteiger partial charge on any atom is -0.362 e. The number of benzene rings is 1. The first kappa shape index (κ1) is 20.4. The van der Waals surface area contributed by atoms with E-state index < -0.39 is 0 Å². The van der Waals surface area contributed by atoms with E-state index in [0.29, 0.717) is 0 Å². The Hall–Kier alpha value is -2.83. The maximum absolute atomic E-state index is 4.85. The third kappa shape index (κ3) is 5.20. The number of likely N-dealkylation sites (N-methyl/N-ethyl adjacent to an activating group) is 1. The van der Waals surface area contributed by atoms with Gasteiger partial charge in [-0.3, -0.25) is 9.88 Å². The highest BCUT2D eigenvalue weighted by molar-refractivity contribution is 5.57. The van der Waals surface area contributed by atoms with Crippen LogP contribution in [0, 0.1) is 0 Å². The second-order valence-electron chi connectivity index (χ2n) is 7.87. The molecule has 1 aromatic carbocycles. The van der Waals surface area contributed by atoms with Gasteiger partial charge in [-0.15, -0.1) is 0 Å². The predicted octanol–water partition coefficient (Wildman–Crippen LogP) is 3.50. The van der Waals surface area contributed by atoms with Crippen molar-refractivity contribution in [1.29, 1.82) is 0 Å². The molecule has 30 heavy (non-hydrogen) atoms. The summed E-state index contributed by atoms with van der Waals surface area (Å²) in [7, 11) is 2.19. The number of hydrogen-bond acceptors (Lipinski definition) is 6. The zero-order chi connectivity index (χ0) is 20.8. The van der Waals surface area contributed by atoms with Crippen LogP contribution in [0.2, 0.25) is 0 Å². The number of anilines is 1. The summed E-state index contributed by atoms with van der Waals surface area (Å²) in [4.78, 5) is 18.6. The highest BCUT2D eigenvalue weighted by Gasteiger charge is 2.20. The van der Waals surface area contributed by atoms with Crippen LogP contribution in [0.25, 0.3) is 11.4 Å². The monoisotopic (exact) mass is 402 g/mol. The molecule has 0 radical (unpaired) electrons. The second kappa shape index (κ2) is 9.78. The van der Waals surface area contributed by atoms with Gasteiger partial charge >= 0.3 is 0 Å². The van der Waals surface area contributed by atoms with E-state index >= 15 is 0 Å². The van der Waals surface area contributed by atoms with E-state index in [1.165, 1.54) is 5.56 Å². The van der Waals surface area contributed by atoms with Crippen molar-refractivity contribution in [3.05, 3.63) is 72.2 Å². The Kier molecular flexibility index (Phi) is 6.67. The number of aryl methyl sites for hydroxylation is 1. The Morgan fingerprint density at radius 2 is 1.70 bits per heavy atom. The van der Waals surface area contributed by atoms with Crippen molar-refractivity contribution in [2.45, 2.75) is 19.4 Å². The molecular formula is C24H30N6. The highest BCUT2D eigenvalue weighted by atomic mass is 15.3. The molecule has 1 aliphatic heterocycles. The molecule has 1 saturated heterocycles. The van der Waals surface area contributed by atoms with Crippen molar-refractivity contribution in [1.82, 2.24) is 24.8 Å². The number of nitrogens with zero attached hydrogens (tertiary/aromatic N) is 5. The molecule has 1 unspecified atom stereocenters. The average Bonchev–Trinajstić information content (AvgIpc) is 2.81. The Morgan fingerprint density at radius 1 is 0.967 bits per heavy atom. The van der Waals surface area contributed by atoms with E-state index in [-0.39, 0.29) is 6.04 Å². The van der Waals surface area contributed by atoms with Crippen molar-refractivity contribution in [3.8, 4) is 11.4 Å². The van der Waals surface area contributed by atoms with Gasteiger partial charge < -0.3 is 10.2 Å². The molecule has 0 saturated carbocycles. The summed E-state index contributed by atoms with van der Waals surface area (Å²) in [6.45, 7) is 7.49. The summed E-state index contributed by atoms with van der Waals surface area (Å²) in [6, 6.07) is 16.8. The van der Waals surface area contributed by atoms with E-state index in [1.54, 1.807) is 12.4 Å². The van der Waals surface area contributed by atoms with E-state index in [4.69, 9.17) is 9.97 Å². The van der Waals surface area contributed by atoms with Gasteiger partial charge in [0.05, 0.1) is 6.04 Å². The van der Waals surface area contributed by atoms with Gasteiger partial charge in [-0.25, -0.2) is 9.97 Å². The number of hydrogen-bond donors (Lipinski definition) is 1. The van der Waals surface area contributed by atoms with Crippen LogP contribution in [0.15, 0.2) is 60.9 Å². The van der Waals surface area contributed by atoms with Crippen molar-refractivity contribution in [3.63, 3.8) is 0 Å². The molecule has 4 rings (SSSR count). The first-order chi connectivity index (χ1) is 14.7. The minimum atomic E-state index is 0.166. The normalized spacial score (nSPS) is 16.3. The molecule has 1 N–H and O–H groups in total. The molecule has 0 aliphatic carbocycles. The lowest BCUT2D eigenvalue weighted by Gasteiger charge is -2.35. The summed E-state index contributed by atoms with van der Waals surface area (Å²) >= 11 is 0. The minimum absolute atomic E-state index is 0.166. The number of piperazine rings is 1. The average molecular weight is 403 g/mol. The van der Waals surface area contributed by atoms with Gasteiger partial charge in [0.1, 0.15) is 5.82 Å². The van der Waals surface area contributed by atoms with Crippen LogP contribution in [0.3, 0.4) is 0 Å². The Labute approximate surface area is 179 Å². The summed E-state index contributed by atoms with van der Waals surface area (Å²) in [5.74, 6) is 1.61. The largest absolute Gasteiger partial charge is 0.362 e. The number of nitrogens with one attached hydrogen (secondary N) is 1. The number of aromatic nitrogens is 3. The fourth-order valence-electron chi connectivity index (χ4n) is 3.77. The fraction of sp³-hybridized carbons (Fsp3) is 0.375. The molecule has 3 heterocycles. The Bertz CT molecular complexity index is 923. The SMILES string of the molecule is CCc1cc(NC(CN2CCN(C)CC2)c2ccccc2)nc(-c2ccncc2)n1. The topological polar surface area (TPSA) is 57.2 Å². The van der Waals surface area contributed by atoms with Gasteiger partial charge in [-0.05, 0) is 31.2 Å². The molecule has 6 nitrogen and oxygen atoms in total. The van der Waals surface area contributed by atoms with Gasteiger partial charge in [0.15, 0.2) is 5.82 Å². The Morgan fingerprint density at radius 3 is 2.40 bits per heavy atom. The number of pyridine rings is 1. The molecule has 1 fully saturated rings. The third-order valence-corrected chi connectivity index (χ3v) is 5.64. The molecule has 6 heteroatoms. The lowest BCUT2D eigenvalue weighted by Crippen LogP contribution is -2.46. The summed E-state index contributed by atoms with van der Waals surface area (Å²) in [5, 5.41) is 3.72. The van der Waals surface area contributed by atoms with Crippen molar-refractivity contribution >= 4 is 5.82 Å². The third-order valence-electron chi connectivity index (χ3n) is 5.64. The molecule has 0 amide bonds. The van der Waals surface area contributed by atoms with Crippen LogP contribution >= 0.6 is 0 Å². The Balaban J connectivity index is 1.60. The lowest BCUT2D eigenvalue weighted by atomic mass is 10.1. The van der Waals surface area contributed by atoms with Crippen LogP contribution in [-0.2, 0) is 6.42 Å². The van der Waals surface area contributed by atoms with Crippen LogP contribution in [0.5, 0.6) is 0 Å². The molecule has 2 aromatic heterocycles. The molecule has 1 aliphatic rings. The molecule has 1 atom stereocenters. The summed E-state index contributed by atoms with van der Waals surface area (Å²) < 4.78 is 0. The number of rotatable bonds is 7. The van der Waals surface area contributed by atoms with Crippen molar-refractivity contribution < 1.29 is 0 Å². The molecule has 0 spiro atoms. The van der Waals surface area contributed by atoms with E-state index in [9.17, 15) is 0 Å². The van der Waals surface area contributed by atoms with Crippen molar-refractivity contribution in [2.24, 2.45) is 0 Å². The highest BCUT2D eigenvalue weighted by Crippen LogP contribution is 2.23. The molecule has 0 bridgehead atoms.